The van der Waals surface area contributed by atoms with Crippen LogP contribution in [0.15, 0.2) is 41.3 Å². The number of nitrogens with one attached hydrogen (secondary N) is 1. The fourth-order valence-corrected chi connectivity index (χ4v) is 4.42. The summed E-state index contributed by atoms with van der Waals surface area (Å²) in [5, 5.41) is -0.0405. The summed E-state index contributed by atoms with van der Waals surface area (Å²) in [4.78, 5) is -0.186. The first-order chi connectivity index (χ1) is 9.29. The quantitative estimate of drug-likeness (QED) is 0.557. The summed E-state index contributed by atoms with van der Waals surface area (Å²) in [6, 6.07) is 9.61. The second kappa shape index (κ2) is 5.97. The number of rotatable bonds is 3. The Morgan fingerprint density at radius 3 is 2.25 bits per heavy atom. The molecule has 2 rings (SSSR count). The second-order valence-electron chi connectivity index (χ2n) is 3.93. The minimum absolute atomic E-state index is 0.0203. The molecule has 0 aliphatic rings. The van der Waals surface area contributed by atoms with Gasteiger partial charge < -0.3 is 5.73 Å². The molecule has 0 aliphatic carbocycles. The molecule has 0 radical (unpaired) electrons. The highest BCUT2D eigenvalue weighted by atomic mass is 127. The van der Waals surface area contributed by atoms with Crippen molar-refractivity contribution in [1.29, 1.82) is 0 Å². The third-order valence-electron chi connectivity index (χ3n) is 2.37. The van der Waals surface area contributed by atoms with Crippen LogP contribution in [-0.4, -0.2) is 8.42 Å². The first kappa shape index (κ1) is 15.7. The highest BCUT2D eigenvalue weighted by Gasteiger charge is 2.22. The zero-order chi connectivity index (χ0) is 14.9. The summed E-state index contributed by atoms with van der Waals surface area (Å²) in [5.74, 6) is 0. The van der Waals surface area contributed by atoms with Gasteiger partial charge in [-0.1, -0.05) is 29.3 Å². The first-order valence-electron chi connectivity index (χ1n) is 5.32. The van der Waals surface area contributed by atoms with Gasteiger partial charge in [0.15, 0.2) is 0 Å². The van der Waals surface area contributed by atoms with Crippen LogP contribution in [0.1, 0.15) is 0 Å². The largest absolute Gasteiger partial charge is 0.399 e. The lowest BCUT2D eigenvalue weighted by Crippen LogP contribution is -2.14. The number of hydrogen-bond acceptors (Lipinski definition) is 3. The Balaban J connectivity index is 2.46. The van der Waals surface area contributed by atoms with Crippen molar-refractivity contribution < 1.29 is 8.42 Å². The van der Waals surface area contributed by atoms with Crippen LogP contribution in [-0.2, 0) is 10.0 Å². The SMILES string of the molecule is Nc1cc(Cl)c(S(=O)(=O)Nc2cccc(I)c2)c(Cl)c1. The maximum atomic E-state index is 12.3. The number of halogens is 3. The van der Waals surface area contributed by atoms with E-state index in [0.717, 1.165) is 3.57 Å². The Hall–Kier alpha value is -0.700. The maximum absolute atomic E-state index is 12.3. The molecule has 0 heterocycles. The maximum Gasteiger partial charge on any atom is 0.264 e. The smallest absolute Gasteiger partial charge is 0.264 e. The van der Waals surface area contributed by atoms with E-state index >= 15 is 0 Å². The van der Waals surface area contributed by atoms with E-state index in [4.69, 9.17) is 28.9 Å². The van der Waals surface area contributed by atoms with Crippen molar-refractivity contribution in [3.63, 3.8) is 0 Å². The predicted octanol–water partition coefficient (Wildman–Crippen LogP) is 3.98. The van der Waals surface area contributed by atoms with Crippen LogP contribution in [0.25, 0.3) is 0 Å². The normalized spacial score (nSPS) is 11.3. The van der Waals surface area contributed by atoms with Crippen molar-refractivity contribution in [2.45, 2.75) is 4.90 Å². The third-order valence-corrected chi connectivity index (χ3v) is 5.34. The molecule has 0 fully saturated rings. The average Bonchev–Trinajstić information content (AvgIpc) is 2.25. The molecule has 0 saturated heterocycles. The van der Waals surface area contributed by atoms with E-state index in [-0.39, 0.29) is 14.9 Å². The third kappa shape index (κ3) is 3.49. The minimum Gasteiger partial charge on any atom is -0.399 e. The van der Waals surface area contributed by atoms with Gasteiger partial charge in [-0.3, -0.25) is 4.72 Å². The molecule has 2 aromatic rings. The van der Waals surface area contributed by atoms with Crippen LogP contribution in [0.5, 0.6) is 0 Å². The van der Waals surface area contributed by atoms with E-state index in [1.165, 1.54) is 12.1 Å². The fourth-order valence-electron chi connectivity index (χ4n) is 1.59. The average molecular weight is 443 g/mol. The first-order valence-corrected chi connectivity index (χ1v) is 8.64. The molecule has 0 aromatic heterocycles. The molecule has 3 N–H and O–H groups in total. The Morgan fingerprint density at radius 2 is 1.70 bits per heavy atom. The Morgan fingerprint density at radius 1 is 1.10 bits per heavy atom. The van der Waals surface area contributed by atoms with Gasteiger partial charge in [0.25, 0.3) is 10.0 Å². The zero-order valence-corrected chi connectivity index (χ0v) is 14.4. The molecule has 0 amide bonds. The van der Waals surface area contributed by atoms with Crippen LogP contribution in [0.2, 0.25) is 10.0 Å². The molecule has 0 bridgehead atoms. The van der Waals surface area contributed by atoms with Crippen LogP contribution >= 0.6 is 45.8 Å². The van der Waals surface area contributed by atoms with Crippen molar-refractivity contribution in [2.24, 2.45) is 0 Å². The van der Waals surface area contributed by atoms with E-state index in [1.807, 2.05) is 6.07 Å². The summed E-state index contributed by atoms with van der Waals surface area (Å²) in [7, 11) is -3.88. The number of sulfonamides is 1. The van der Waals surface area contributed by atoms with Crippen molar-refractivity contribution in [3.8, 4) is 0 Å². The molecular weight excluding hydrogens is 434 g/mol. The minimum atomic E-state index is -3.88. The van der Waals surface area contributed by atoms with Gasteiger partial charge in [-0.2, -0.15) is 0 Å². The zero-order valence-electron chi connectivity index (χ0n) is 9.90. The Kier molecular flexibility index (Phi) is 4.68. The lowest BCUT2D eigenvalue weighted by molar-refractivity contribution is 0.601. The molecule has 0 saturated carbocycles. The predicted molar refractivity (Wildman–Crippen MR) is 90.8 cm³/mol. The molecule has 106 valence electrons. The Bertz CT molecular complexity index is 743. The molecule has 0 spiro atoms. The lowest BCUT2D eigenvalue weighted by Gasteiger charge is -2.12. The molecule has 0 atom stereocenters. The van der Waals surface area contributed by atoms with E-state index in [2.05, 4.69) is 27.3 Å². The molecule has 4 nitrogen and oxygen atoms in total. The van der Waals surface area contributed by atoms with Gasteiger partial charge in [-0.15, -0.1) is 0 Å². The van der Waals surface area contributed by atoms with E-state index in [0.29, 0.717) is 11.4 Å². The van der Waals surface area contributed by atoms with Gasteiger partial charge in [0.1, 0.15) is 4.90 Å². The topological polar surface area (TPSA) is 72.2 Å². The van der Waals surface area contributed by atoms with Crippen molar-refractivity contribution in [3.05, 3.63) is 50.0 Å². The Labute approximate surface area is 140 Å². The van der Waals surface area contributed by atoms with Crippen molar-refractivity contribution >= 4 is 67.2 Å². The molecule has 20 heavy (non-hydrogen) atoms. The van der Waals surface area contributed by atoms with Crippen LogP contribution in [0.4, 0.5) is 11.4 Å². The van der Waals surface area contributed by atoms with Gasteiger partial charge in [-0.25, -0.2) is 8.42 Å². The van der Waals surface area contributed by atoms with Crippen LogP contribution < -0.4 is 10.5 Å². The van der Waals surface area contributed by atoms with Gasteiger partial charge in [-0.05, 0) is 52.9 Å². The summed E-state index contributed by atoms with van der Waals surface area (Å²) in [6.07, 6.45) is 0. The van der Waals surface area contributed by atoms with Gasteiger partial charge in [0.2, 0.25) is 0 Å². The van der Waals surface area contributed by atoms with E-state index < -0.39 is 10.0 Å². The number of nitrogens with two attached hydrogens (primary N) is 1. The number of benzene rings is 2. The molecule has 2 aromatic carbocycles. The van der Waals surface area contributed by atoms with Gasteiger partial charge in [0, 0.05) is 14.9 Å². The fraction of sp³-hybridized carbons (Fsp3) is 0. The summed E-state index contributed by atoms with van der Waals surface area (Å²) in [6.45, 7) is 0. The van der Waals surface area contributed by atoms with Crippen LogP contribution in [0.3, 0.4) is 0 Å². The molecular formula is C12H9Cl2IN2O2S. The summed E-state index contributed by atoms with van der Waals surface area (Å²) < 4.78 is 28.0. The highest BCUT2D eigenvalue weighted by molar-refractivity contribution is 14.1. The van der Waals surface area contributed by atoms with Gasteiger partial charge in [0.05, 0.1) is 10.0 Å². The second-order valence-corrected chi connectivity index (χ2v) is 7.61. The van der Waals surface area contributed by atoms with Crippen molar-refractivity contribution in [2.75, 3.05) is 10.5 Å². The van der Waals surface area contributed by atoms with Crippen molar-refractivity contribution in [1.82, 2.24) is 0 Å². The number of nitrogen functional groups attached to an aromatic ring is 1. The number of hydrogen-bond donors (Lipinski definition) is 2. The van der Waals surface area contributed by atoms with E-state index in [1.54, 1.807) is 18.2 Å². The van der Waals surface area contributed by atoms with E-state index in [9.17, 15) is 8.42 Å². The standard InChI is InChI=1S/C12H9Cl2IN2O2S/c13-10-5-8(16)6-11(14)12(10)20(18,19)17-9-3-1-2-7(15)4-9/h1-6,17H,16H2. The van der Waals surface area contributed by atoms with Gasteiger partial charge >= 0.3 is 0 Å². The van der Waals surface area contributed by atoms with Crippen LogP contribution in [0, 0.1) is 3.57 Å². The monoisotopic (exact) mass is 442 g/mol. The molecule has 0 unspecified atom stereocenters. The highest BCUT2D eigenvalue weighted by Crippen LogP contribution is 2.33. The summed E-state index contributed by atoms with van der Waals surface area (Å²) in [5.41, 5.74) is 6.29. The lowest BCUT2D eigenvalue weighted by atomic mass is 10.3. The molecule has 0 aliphatic heterocycles. The number of anilines is 2. The summed E-state index contributed by atoms with van der Waals surface area (Å²) >= 11 is 13.9. The molecule has 8 heteroatoms.